The number of carbonyl (C=O) groups is 2. The van der Waals surface area contributed by atoms with Gasteiger partial charge in [0.15, 0.2) is 0 Å². The van der Waals surface area contributed by atoms with E-state index in [4.69, 9.17) is 5.11 Å². The first kappa shape index (κ1) is 11.4. The number of rotatable bonds is 4. The summed E-state index contributed by atoms with van der Waals surface area (Å²) in [6.07, 6.45) is 0.907. The van der Waals surface area contributed by atoms with E-state index in [0.717, 1.165) is 6.42 Å². The van der Waals surface area contributed by atoms with Crippen molar-refractivity contribution >= 4 is 12.0 Å². The Hall–Kier alpha value is -2.04. The van der Waals surface area contributed by atoms with Crippen LogP contribution in [0.1, 0.15) is 17.9 Å². The predicted molar refractivity (Wildman–Crippen MR) is 61.8 cm³/mol. The Balaban J connectivity index is 1.76. The fourth-order valence-electron chi connectivity index (χ4n) is 1.80. The molecule has 2 amide bonds. The van der Waals surface area contributed by atoms with Crippen LogP contribution in [-0.4, -0.2) is 29.7 Å². The van der Waals surface area contributed by atoms with Crippen molar-refractivity contribution in [3.8, 4) is 0 Å². The summed E-state index contributed by atoms with van der Waals surface area (Å²) in [4.78, 5) is 21.5. The number of carboxylic acid groups (broad SMARTS) is 1. The van der Waals surface area contributed by atoms with E-state index in [9.17, 15) is 9.59 Å². The van der Waals surface area contributed by atoms with Gasteiger partial charge in [-0.3, -0.25) is 4.79 Å². The summed E-state index contributed by atoms with van der Waals surface area (Å²) in [5, 5.41) is 13.4. The maximum absolute atomic E-state index is 11.3. The van der Waals surface area contributed by atoms with Gasteiger partial charge in [-0.1, -0.05) is 30.3 Å². The molecule has 0 saturated heterocycles. The topological polar surface area (TPSA) is 78.4 Å². The summed E-state index contributed by atoms with van der Waals surface area (Å²) < 4.78 is 0. The molecular formula is C12H14N2O3. The highest BCUT2D eigenvalue weighted by Crippen LogP contribution is 2.40. The summed E-state index contributed by atoms with van der Waals surface area (Å²) in [7, 11) is 0. The molecule has 1 aliphatic rings. The second kappa shape index (κ2) is 4.86. The third kappa shape index (κ3) is 3.21. The molecule has 0 heterocycles. The van der Waals surface area contributed by atoms with Crippen LogP contribution in [0.15, 0.2) is 30.3 Å². The van der Waals surface area contributed by atoms with Gasteiger partial charge in [0, 0.05) is 12.0 Å². The minimum Gasteiger partial charge on any atom is -0.480 e. The van der Waals surface area contributed by atoms with E-state index in [2.05, 4.69) is 10.6 Å². The Morgan fingerprint density at radius 1 is 1.29 bits per heavy atom. The van der Waals surface area contributed by atoms with Gasteiger partial charge >= 0.3 is 12.0 Å². The molecule has 2 rings (SSSR count). The summed E-state index contributed by atoms with van der Waals surface area (Å²) in [5.41, 5.74) is 1.20. The summed E-state index contributed by atoms with van der Waals surface area (Å²) in [5.74, 6) is -0.692. The highest BCUT2D eigenvalue weighted by atomic mass is 16.4. The second-order valence-electron chi connectivity index (χ2n) is 4.08. The fraction of sp³-hybridized carbons (Fsp3) is 0.333. The van der Waals surface area contributed by atoms with E-state index >= 15 is 0 Å². The largest absolute Gasteiger partial charge is 0.480 e. The highest BCUT2D eigenvalue weighted by Gasteiger charge is 2.39. The second-order valence-corrected chi connectivity index (χ2v) is 4.08. The van der Waals surface area contributed by atoms with Crippen LogP contribution in [0.4, 0.5) is 4.79 Å². The molecule has 0 aliphatic heterocycles. The molecule has 0 spiro atoms. The van der Waals surface area contributed by atoms with E-state index in [-0.39, 0.29) is 12.6 Å². The number of benzene rings is 1. The van der Waals surface area contributed by atoms with Crippen molar-refractivity contribution in [2.45, 2.75) is 18.4 Å². The number of nitrogens with one attached hydrogen (secondary N) is 2. The van der Waals surface area contributed by atoms with Crippen LogP contribution in [0.5, 0.6) is 0 Å². The molecular weight excluding hydrogens is 220 g/mol. The van der Waals surface area contributed by atoms with Gasteiger partial charge in [-0.15, -0.1) is 0 Å². The number of carboxylic acids is 1. The zero-order valence-electron chi connectivity index (χ0n) is 9.22. The SMILES string of the molecule is O=C(O)CNC(=O)N[C@@H]1C[C@H]1c1ccccc1. The fourth-order valence-corrected chi connectivity index (χ4v) is 1.80. The molecule has 1 aromatic rings. The lowest BCUT2D eigenvalue weighted by molar-refractivity contribution is -0.135. The highest BCUT2D eigenvalue weighted by molar-refractivity contribution is 5.80. The van der Waals surface area contributed by atoms with E-state index in [0.29, 0.717) is 5.92 Å². The summed E-state index contributed by atoms with van der Waals surface area (Å²) >= 11 is 0. The molecule has 90 valence electrons. The van der Waals surface area contributed by atoms with Gasteiger partial charge < -0.3 is 15.7 Å². The Bertz CT molecular complexity index is 419. The van der Waals surface area contributed by atoms with Crippen LogP contribution in [0.2, 0.25) is 0 Å². The van der Waals surface area contributed by atoms with Crippen LogP contribution in [0.25, 0.3) is 0 Å². The quantitative estimate of drug-likeness (QED) is 0.725. The van der Waals surface area contributed by atoms with Gasteiger partial charge in [0.05, 0.1) is 0 Å². The first-order valence-corrected chi connectivity index (χ1v) is 5.48. The molecule has 1 fully saturated rings. The van der Waals surface area contributed by atoms with Crippen molar-refractivity contribution in [2.24, 2.45) is 0 Å². The third-order valence-corrected chi connectivity index (χ3v) is 2.73. The van der Waals surface area contributed by atoms with Crippen LogP contribution in [0.3, 0.4) is 0 Å². The van der Waals surface area contributed by atoms with E-state index < -0.39 is 12.0 Å². The number of amides is 2. The van der Waals surface area contributed by atoms with Crippen LogP contribution in [0, 0.1) is 0 Å². The lowest BCUT2D eigenvalue weighted by atomic mass is 10.1. The monoisotopic (exact) mass is 234 g/mol. The predicted octanol–water partition coefficient (Wildman–Crippen LogP) is 0.926. The van der Waals surface area contributed by atoms with E-state index in [1.54, 1.807) is 0 Å². The van der Waals surface area contributed by atoms with Gasteiger partial charge in [0.25, 0.3) is 0 Å². The van der Waals surface area contributed by atoms with Gasteiger partial charge in [-0.25, -0.2) is 4.79 Å². The number of urea groups is 1. The normalized spacial score (nSPS) is 21.6. The lowest BCUT2D eigenvalue weighted by Gasteiger charge is -2.05. The molecule has 5 nitrogen and oxygen atoms in total. The van der Waals surface area contributed by atoms with E-state index in [1.165, 1.54) is 5.56 Å². The Morgan fingerprint density at radius 2 is 2.00 bits per heavy atom. The van der Waals surface area contributed by atoms with Gasteiger partial charge in [-0.2, -0.15) is 0 Å². The van der Waals surface area contributed by atoms with Crippen molar-refractivity contribution in [3.05, 3.63) is 35.9 Å². The number of hydrogen-bond acceptors (Lipinski definition) is 2. The van der Waals surface area contributed by atoms with Crippen molar-refractivity contribution < 1.29 is 14.7 Å². The molecule has 0 unspecified atom stereocenters. The third-order valence-electron chi connectivity index (χ3n) is 2.73. The van der Waals surface area contributed by atoms with Crippen LogP contribution >= 0.6 is 0 Å². The minimum absolute atomic E-state index is 0.117. The van der Waals surface area contributed by atoms with Gasteiger partial charge in [0.2, 0.25) is 0 Å². The Kier molecular flexibility index (Phi) is 3.27. The lowest BCUT2D eigenvalue weighted by Crippen LogP contribution is -2.39. The molecule has 1 aliphatic carbocycles. The smallest absolute Gasteiger partial charge is 0.323 e. The number of carbonyl (C=O) groups excluding carboxylic acids is 1. The first-order valence-electron chi connectivity index (χ1n) is 5.48. The Morgan fingerprint density at radius 3 is 2.65 bits per heavy atom. The average Bonchev–Trinajstić information content (AvgIpc) is 3.07. The number of aliphatic carboxylic acids is 1. The maximum atomic E-state index is 11.3. The molecule has 1 saturated carbocycles. The molecule has 2 atom stereocenters. The maximum Gasteiger partial charge on any atom is 0.323 e. The Labute approximate surface area is 98.8 Å². The van der Waals surface area contributed by atoms with Crippen molar-refractivity contribution in [2.75, 3.05) is 6.54 Å². The molecule has 0 bridgehead atoms. The van der Waals surface area contributed by atoms with Crippen molar-refractivity contribution in [1.82, 2.24) is 10.6 Å². The van der Waals surface area contributed by atoms with Crippen molar-refractivity contribution in [1.29, 1.82) is 0 Å². The van der Waals surface area contributed by atoms with E-state index in [1.807, 2.05) is 30.3 Å². The van der Waals surface area contributed by atoms with Crippen LogP contribution < -0.4 is 10.6 Å². The van der Waals surface area contributed by atoms with Gasteiger partial charge in [0.1, 0.15) is 6.54 Å². The average molecular weight is 234 g/mol. The molecule has 0 radical (unpaired) electrons. The molecule has 3 N–H and O–H groups in total. The summed E-state index contributed by atoms with van der Waals surface area (Å²) in [6.45, 7) is -0.353. The van der Waals surface area contributed by atoms with Gasteiger partial charge in [-0.05, 0) is 12.0 Å². The minimum atomic E-state index is -1.05. The van der Waals surface area contributed by atoms with Crippen LogP contribution in [-0.2, 0) is 4.79 Å². The first-order chi connectivity index (χ1) is 8.16. The zero-order chi connectivity index (χ0) is 12.3. The summed E-state index contributed by atoms with van der Waals surface area (Å²) in [6, 6.07) is 9.64. The molecule has 17 heavy (non-hydrogen) atoms. The number of hydrogen-bond donors (Lipinski definition) is 3. The molecule has 5 heteroatoms. The van der Waals surface area contributed by atoms with Crippen molar-refractivity contribution in [3.63, 3.8) is 0 Å². The molecule has 0 aromatic heterocycles. The molecule has 1 aromatic carbocycles. The zero-order valence-corrected chi connectivity index (χ0v) is 9.22. The standard InChI is InChI=1S/C12H14N2O3/c15-11(16)7-13-12(17)14-10-6-9(10)8-4-2-1-3-5-8/h1-5,9-10H,6-7H2,(H,15,16)(H2,13,14,17)/t9-,10+/m0/s1.